The first-order chi connectivity index (χ1) is 21.2. The predicted octanol–water partition coefficient (Wildman–Crippen LogP) is 6.16. The van der Waals surface area contributed by atoms with Gasteiger partial charge in [0.15, 0.2) is 0 Å². The number of rotatable bonds is 11. The lowest BCUT2D eigenvalue weighted by Crippen LogP contribution is -2.46. The molecular weight excluding hydrogens is 552 g/mol. The van der Waals surface area contributed by atoms with Gasteiger partial charge < -0.3 is 19.8 Å². The third-order valence-corrected chi connectivity index (χ3v) is 8.45. The fourth-order valence-corrected chi connectivity index (χ4v) is 5.10. The van der Waals surface area contributed by atoms with E-state index in [1.165, 1.54) is 18.2 Å². The number of carbonyl (C=O) groups excluding carboxylic acids is 1. The lowest BCUT2D eigenvalue weighted by atomic mass is 9.91. The Balaban J connectivity index is 0.000000429. The largest absolute Gasteiger partial charge is 0.469 e. The van der Waals surface area contributed by atoms with Gasteiger partial charge in [0.25, 0.3) is 0 Å². The van der Waals surface area contributed by atoms with Gasteiger partial charge in [0, 0.05) is 58.1 Å². The lowest BCUT2D eigenvalue weighted by Gasteiger charge is -2.34. The Hall–Kier alpha value is -3.79. The molecule has 2 N–H and O–H groups in total. The summed E-state index contributed by atoms with van der Waals surface area (Å²) in [6, 6.07) is 21.6. The summed E-state index contributed by atoms with van der Waals surface area (Å²) in [7, 11) is 3.19. The van der Waals surface area contributed by atoms with Crippen molar-refractivity contribution in [3.8, 4) is 11.3 Å². The number of piperazine rings is 1. The molecule has 44 heavy (non-hydrogen) atoms. The van der Waals surface area contributed by atoms with Crippen molar-refractivity contribution in [3.63, 3.8) is 0 Å². The molecule has 9 heteroatoms. The maximum Gasteiger partial charge on any atom is 0.311 e. The van der Waals surface area contributed by atoms with Crippen molar-refractivity contribution < 1.29 is 14.3 Å². The van der Waals surface area contributed by atoms with Crippen molar-refractivity contribution in [2.45, 2.75) is 46.7 Å². The SMILES string of the molecule is CCC(C)(C)C(=O)OC.COCCN1CCN(Cc2ccc(-c3cc4c(N[C@H](C)c5ccccc5)ncnc4[nH]3)cc2)CC1. The molecule has 0 spiro atoms. The van der Waals surface area contributed by atoms with Gasteiger partial charge in [0.2, 0.25) is 0 Å². The average Bonchev–Trinajstić information content (AvgIpc) is 3.50. The van der Waals surface area contributed by atoms with Crippen molar-refractivity contribution in [3.05, 3.63) is 78.1 Å². The van der Waals surface area contributed by atoms with Gasteiger partial charge in [-0.25, -0.2) is 9.97 Å². The van der Waals surface area contributed by atoms with Gasteiger partial charge in [0.1, 0.15) is 17.8 Å². The van der Waals surface area contributed by atoms with Crippen molar-refractivity contribution in [1.82, 2.24) is 24.8 Å². The van der Waals surface area contributed by atoms with Crippen LogP contribution in [0.5, 0.6) is 0 Å². The molecule has 0 aliphatic carbocycles. The summed E-state index contributed by atoms with van der Waals surface area (Å²) in [4.78, 5) is 28.3. The molecule has 0 bridgehead atoms. The highest BCUT2D eigenvalue weighted by atomic mass is 16.5. The van der Waals surface area contributed by atoms with Crippen LogP contribution in [0, 0.1) is 5.41 Å². The number of benzene rings is 2. The lowest BCUT2D eigenvalue weighted by molar-refractivity contribution is -0.150. The van der Waals surface area contributed by atoms with Crippen LogP contribution in [0.1, 0.15) is 51.3 Å². The third-order valence-electron chi connectivity index (χ3n) is 8.45. The van der Waals surface area contributed by atoms with Gasteiger partial charge in [-0.3, -0.25) is 14.6 Å². The van der Waals surface area contributed by atoms with Crippen molar-refractivity contribution in [2.24, 2.45) is 5.41 Å². The van der Waals surface area contributed by atoms with E-state index in [4.69, 9.17) is 4.74 Å². The van der Waals surface area contributed by atoms with Crippen molar-refractivity contribution in [1.29, 1.82) is 0 Å². The van der Waals surface area contributed by atoms with Crippen LogP contribution in [-0.4, -0.2) is 84.3 Å². The summed E-state index contributed by atoms with van der Waals surface area (Å²) in [6.45, 7) is 15.1. The molecule has 0 saturated carbocycles. The number of ether oxygens (including phenoxy) is 2. The van der Waals surface area contributed by atoms with Crippen LogP contribution in [0.15, 0.2) is 67.0 Å². The number of fused-ring (bicyclic) bond motifs is 1. The quantitative estimate of drug-likeness (QED) is 0.198. The minimum Gasteiger partial charge on any atom is -0.469 e. The van der Waals surface area contributed by atoms with Gasteiger partial charge in [-0.15, -0.1) is 0 Å². The summed E-state index contributed by atoms with van der Waals surface area (Å²) >= 11 is 0. The number of methoxy groups -OCH3 is 2. The van der Waals surface area contributed by atoms with Gasteiger partial charge in [0.05, 0.1) is 24.5 Å². The number of H-pyrrole nitrogens is 1. The maximum absolute atomic E-state index is 10.8. The number of aromatic nitrogens is 3. The number of carbonyl (C=O) groups is 1. The van der Waals surface area contributed by atoms with E-state index >= 15 is 0 Å². The van der Waals surface area contributed by atoms with Crippen LogP contribution < -0.4 is 5.32 Å². The van der Waals surface area contributed by atoms with E-state index in [0.29, 0.717) is 0 Å². The summed E-state index contributed by atoms with van der Waals surface area (Å²) in [5.41, 5.74) is 5.30. The van der Waals surface area contributed by atoms with Crippen LogP contribution >= 0.6 is 0 Å². The van der Waals surface area contributed by atoms with Gasteiger partial charge in [-0.1, -0.05) is 61.5 Å². The molecule has 1 fully saturated rings. The third kappa shape index (κ3) is 8.87. The highest BCUT2D eigenvalue weighted by Crippen LogP contribution is 2.29. The zero-order valence-electron chi connectivity index (χ0n) is 27.1. The molecular formula is C35H48N6O3. The normalized spacial score (nSPS) is 15.0. The number of hydrogen-bond acceptors (Lipinski definition) is 8. The molecule has 2 aromatic carbocycles. The molecule has 3 heterocycles. The molecule has 0 radical (unpaired) electrons. The van der Waals surface area contributed by atoms with Crippen molar-refractivity contribution in [2.75, 3.05) is 58.9 Å². The van der Waals surface area contributed by atoms with Gasteiger partial charge in [-0.05, 0) is 49.9 Å². The van der Waals surface area contributed by atoms with Gasteiger partial charge in [-0.2, -0.15) is 0 Å². The van der Waals surface area contributed by atoms with E-state index in [1.807, 2.05) is 26.8 Å². The Kier molecular flexibility index (Phi) is 11.9. The molecule has 1 atom stereocenters. The molecule has 236 valence electrons. The molecule has 9 nitrogen and oxygen atoms in total. The fourth-order valence-electron chi connectivity index (χ4n) is 5.10. The van der Waals surface area contributed by atoms with E-state index in [9.17, 15) is 4.79 Å². The Labute approximate surface area is 262 Å². The topological polar surface area (TPSA) is 95.6 Å². The second-order valence-corrected chi connectivity index (χ2v) is 12.0. The molecule has 4 aromatic rings. The van der Waals surface area contributed by atoms with E-state index in [-0.39, 0.29) is 17.4 Å². The molecule has 0 amide bonds. The molecule has 0 unspecified atom stereocenters. The molecule has 1 aliphatic heterocycles. The van der Waals surface area contributed by atoms with E-state index in [2.05, 4.69) is 96.3 Å². The monoisotopic (exact) mass is 600 g/mol. The summed E-state index contributed by atoms with van der Waals surface area (Å²) in [5.74, 6) is 0.708. The van der Waals surface area contributed by atoms with Crippen LogP contribution in [0.3, 0.4) is 0 Å². The first-order valence-corrected chi connectivity index (χ1v) is 15.5. The molecule has 5 rings (SSSR count). The minimum absolute atomic E-state index is 0.134. The Morgan fingerprint density at radius 2 is 1.68 bits per heavy atom. The maximum atomic E-state index is 10.8. The van der Waals surface area contributed by atoms with Gasteiger partial charge >= 0.3 is 5.97 Å². The number of nitrogens with zero attached hydrogens (tertiary/aromatic N) is 4. The van der Waals surface area contributed by atoms with Crippen molar-refractivity contribution >= 4 is 22.8 Å². The molecule has 1 aliphatic rings. The standard InChI is InChI=1S/C28H34N6O.C7H14O2/c1-21(23-6-4-3-5-7-23)31-27-25-18-26(32-28(25)30-20-29-27)24-10-8-22(9-11-24)19-34-14-12-33(13-15-34)16-17-35-2;1-5-7(2,3)6(8)9-4/h3-11,18,20-21H,12-17,19H2,1-2H3,(H2,29,30,31,32);5H2,1-4H3/t21-;/m1./s1. The minimum atomic E-state index is -0.311. The summed E-state index contributed by atoms with van der Waals surface area (Å²) in [6.07, 6.45) is 2.43. The number of nitrogens with one attached hydrogen (secondary N) is 2. The fraction of sp³-hybridized carbons (Fsp3) is 0.457. The second kappa shape index (κ2) is 15.8. The Morgan fingerprint density at radius 1 is 1.00 bits per heavy atom. The first kappa shape index (κ1) is 33.1. The summed E-state index contributed by atoms with van der Waals surface area (Å²) < 4.78 is 9.77. The second-order valence-electron chi connectivity index (χ2n) is 12.0. The molecule has 2 aromatic heterocycles. The number of esters is 1. The van der Waals surface area contributed by atoms with Crippen LogP contribution in [0.4, 0.5) is 5.82 Å². The highest BCUT2D eigenvalue weighted by molar-refractivity contribution is 5.91. The van der Waals surface area contributed by atoms with Crippen LogP contribution in [0.25, 0.3) is 22.3 Å². The molecule has 1 saturated heterocycles. The average molecular weight is 601 g/mol. The zero-order chi connectivity index (χ0) is 31.5. The van der Waals surface area contributed by atoms with E-state index < -0.39 is 0 Å². The Morgan fingerprint density at radius 3 is 2.30 bits per heavy atom. The highest BCUT2D eigenvalue weighted by Gasteiger charge is 2.25. The van der Waals surface area contributed by atoms with Crippen LogP contribution in [-0.2, 0) is 20.8 Å². The predicted molar refractivity (Wildman–Crippen MR) is 177 cm³/mol. The number of hydrogen-bond donors (Lipinski definition) is 2. The summed E-state index contributed by atoms with van der Waals surface area (Å²) in [5, 5.41) is 4.55. The zero-order valence-corrected chi connectivity index (χ0v) is 27.1. The number of anilines is 1. The smallest absolute Gasteiger partial charge is 0.311 e. The van der Waals surface area contributed by atoms with Crippen LogP contribution in [0.2, 0.25) is 0 Å². The first-order valence-electron chi connectivity index (χ1n) is 15.5. The van der Waals surface area contributed by atoms with E-state index in [1.54, 1.807) is 13.4 Å². The number of aromatic amines is 1. The van der Waals surface area contributed by atoms with E-state index in [0.717, 1.165) is 80.4 Å². The Bertz CT molecular complexity index is 1450.